The SMILES string of the molecule is CSc1nc(-c2ccccc2)nc(NN2C(=O)C=C(C)C2=O)c1C#N. The summed E-state index contributed by atoms with van der Waals surface area (Å²) in [4.78, 5) is 32.8. The number of hydrogen-bond acceptors (Lipinski definition) is 7. The van der Waals surface area contributed by atoms with Gasteiger partial charge in [-0.3, -0.25) is 15.0 Å². The first kappa shape index (κ1) is 16.7. The first-order chi connectivity index (χ1) is 12.0. The molecule has 1 aromatic carbocycles. The summed E-state index contributed by atoms with van der Waals surface area (Å²) in [6, 6.07) is 11.3. The van der Waals surface area contributed by atoms with Crippen LogP contribution in [0.3, 0.4) is 0 Å². The van der Waals surface area contributed by atoms with Crippen molar-refractivity contribution in [3.63, 3.8) is 0 Å². The summed E-state index contributed by atoms with van der Waals surface area (Å²) in [5.41, 5.74) is 3.93. The Balaban J connectivity index is 2.07. The fourth-order valence-corrected chi connectivity index (χ4v) is 2.81. The molecule has 0 fully saturated rings. The Hall–Kier alpha value is -3.18. The van der Waals surface area contributed by atoms with Gasteiger partial charge >= 0.3 is 0 Å². The number of carbonyl (C=O) groups excluding carboxylic acids is 2. The van der Waals surface area contributed by atoms with Gasteiger partial charge in [0.1, 0.15) is 16.7 Å². The lowest BCUT2D eigenvalue weighted by Gasteiger charge is -2.18. The number of imide groups is 1. The van der Waals surface area contributed by atoms with Crippen LogP contribution in [-0.2, 0) is 9.59 Å². The summed E-state index contributed by atoms with van der Waals surface area (Å²) in [5.74, 6) is -0.461. The van der Waals surface area contributed by atoms with Gasteiger partial charge in [0.25, 0.3) is 11.8 Å². The predicted molar refractivity (Wildman–Crippen MR) is 93.2 cm³/mol. The highest BCUT2D eigenvalue weighted by molar-refractivity contribution is 7.98. The summed E-state index contributed by atoms with van der Waals surface area (Å²) < 4.78 is 0. The van der Waals surface area contributed by atoms with Crippen LogP contribution in [-0.4, -0.2) is 33.0 Å². The van der Waals surface area contributed by atoms with Crippen molar-refractivity contribution in [1.82, 2.24) is 15.0 Å². The standard InChI is InChI=1S/C17H13N5O2S/c1-10-8-13(23)22(17(10)24)21-15-12(9-18)16(25-2)20-14(19-15)11-6-4-3-5-7-11/h3-8H,1-2H3,(H,19,20,21). The summed E-state index contributed by atoms with van der Waals surface area (Å²) in [6.07, 6.45) is 3.02. The topological polar surface area (TPSA) is 99.0 Å². The summed E-state index contributed by atoms with van der Waals surface area (Å²) in [6.45, 7) is 1.55. The van der Waals surface area contributed by atoms with E-state index in [2.05, 4.69) is 15.4 Å². The highest BCUT2D eigenvalue weighted by Crippen LogP contribution is 2.28. The third kappa shape index (κ3) is 3.09. The fraction of sp³-hybridized carbons (Fsp3) is 0.118. The molecule has 1 aliphatic rings. The maximum Gasteiger partial charge on any atom is 0.275 e. The monoisotopic (exact) mass is 351 g/mol. The zero-order valence-electron chi connectivity index (χ0n) is 13.5. The number of carbonyl (C=O) groups is 2. The number of rotatable bonds is 4. The van der Waals surface area contributed by atoms with E-state index in [4.69, 9.17) is 0 Å². The minimum Gasteiger partial charge on any atom is -0.270 e. The minimum absolute atomic E-state index is 0.116. The van der Waals surface area contributed by atoms with Crippen LogP contribution in [0.4, 0.5) is 5.82 Å². The second-order valence-electron chi connectivity index (χ2n) is 5.18. The van der Waals surface area contributed by atoms with Crippen molar-refractivity contribution >= 4 is 29.4 Å². The Morgan fingerprint density at radius 3 is 2.48 bits per heavy atom. The molecule has 0 spiro atoms. The zero-order chi connectivity index (χ0) is 18.0. The van der Waals surface area contributed by atoms with E-state index in [1.165, 1.54) is 17.8 Å². The van der Waals surface area contributed by atoms with E-state index in [1.807, 2.05) is 36.4 Å². The van der Waals surface area contributed by atoms with Gasteiger partial charge in [-0.2, -0.15) is 10.3 Å². The minimum atomic E-state index is -0.503. The highest BCUT2D eigenvalue weighted by atomic mass is 32.2. The molecule has 1 N–H and O–H groups in total. The van der Waals surface area contributed by atoms with Crippen molar-refractivity contribution in [2.75, 3.05) is 11.7 Å². The number of nitriles is 1. The van der Waals surface area contributed by atoms with Crippen molar-refractivity contribution in [2.45, 2.75) is 11.9 Å². The van der Waals surface area contributed by atoms with Crippen LogP contribution in [0.5, 0.6) is 0 Å². The number of anilines is 1. The second-order valence-corrected chi connectivity index (χ2v) is 5.97. The van der Waals surface area contributed by atoms with Crippen LogP contribution >= 0.6 is 11.8 Å². The number of aromatic nitrogens is 2. The predicted octanol–water partition coefficient (Wildman–Crippen LogP) is 2.38. The van der Waals surface area contributed by atoms with E-state index in [0.29, 0.717) is 16.4 Å². The number of hydrogen-bond donors (Lipinski definition) is 1. The van der Waals surface area contributed by atoms with Crippen molar-refractivity contribution in [2.24, 2.45) is 0 Å². The Morgan fingerprint density at radius 1 is 1.20 bits per heavy atom. The number of benzene rings is 1. The zero-order valence-corrected chi connectivity index (χ0v) is 14.3. The van der Waals surface area contributed by atoms with E-state index >= 15 is 0 Å². The summed E-state index contributed by atoms with van der Waals surface area (Å²) in [7, 11) is 0. The maximum atomic E-state index is 12.1. The highest BCUT2D eigenvalue weighted by Gasteiger charge is 2.30. The molecule has 8 heteroatoms. The summed E-state index contributed by atoms with van der Waals surface area (Å²) >= 11 is 1.29. The van der Waals surface area contributed by atoms with Crippen LogP contribution in [0.1, 0.15) is 12.5 Å². The third-order valence-electron chi connectivity index (χ3n) is 3.53. The maximum absolute atomic E-state index is 12.1. The smallest absolute Gasteiger partial charge is 0.270 e. The number of amides is 2. The van der Waals surface area contributed by atoms with Gasteiger partial charge in [-0.15, -0.1) is 11.8 Å². The number of nitrogens with zero attached hydrogens (tertiary/aromatic N) is 4. The van der Waals surface area contributed by atoms with Gasteiger partial charge in [0.15, 0.2) is 11.6 Å². The second kappa shape index (κ2) is 6.75. The molecule has 2 heterocycles. The van der Waals surface area contributed by atoms with Crippen LogP contribution in [0.15, 0.2) is 47.0 Å². The van der Waals surface area contributed by atoms with Gasteiger partial charge in [-0.25, -0.2) is 9.97 Å². The molecule has 7 nitrogen and oxygen atoms in total. The average Bonchev–Trinajstić information content (AvgIpc) is 2.87. The molecule has 124 valence electrons. The van der Waals surface area contributed by atoms with Crippen molar-refractivity contribution in [3.05, 3.63) is 47.5 Å². The van der Waals surface area contributed by atoms with Crippen LogP contribution in [0.2, 0.25) is 0 Å². The lowest BCUT2D eigenvalue weighted by molar-refractivity contribution is -0.135. The number of thioether (sulfide) groups is 1. The molecule has 2 amide bonds. The molecule has 0 radical (unpaired) electrons. The van der Waals surface area contributed by atoms with E-state index < -0.39 is 11.8 Å². The first-order valence-electron chi connectivity index (χ1n) is 7.30. The molecule has 2 aromatic rings. The molecule has 0 atom stereocenters. The summed E-state index contributed by atoms with van der Waals surface area (Å²) in [5, 5.41) is 10.8. The molecular weight excluding hydrogens is 338 g/mol. The lowest BCUT2D eigenvalue weighted by atomic mass is 10.2. The van der Waals surface area contributed by atoms with Crippen LogP contribution in [0.25, 0.3) is 11.4 Å². The largest absolute Gasteiger partial charge is 0.275 e. The lowest BCUT2D eigenvalue weighted by Crippen LogP contribution is -2.37. The Kier molecular flexibility index (Phi) is 4.50. The van der Waals surface area contributed by atoms with E-state index in [9.17, 15) is 14.9 Å². The first-order valence-corrected chi connectivity index (χ1v) is 8.52. The number of nitrogens with one attached hydrogen (secondary N) is 1. The van der Waals surface area contributed by atoms with Gasteiger partial charge < -0.3 is 0 Å². The third-order valence-corrected chi connectivity index (χ3v) is 4.21. The molecule has 1 aromatic heterocycles. The van der Waals surface area contributed by atoms with E-state index in [1.54, 1.807) is 13.2 Å². The van der Waals surface area contributed by atoms with Gasteiger partial charge in [0.2, 0.25) is 0 Å². The molecule has 25 heavy (non-hydrogen) atoms. The average molecular weight is 351 g/mol. The van der Waals surface area contributed by atoms with Crippen LogP contribution < -0.4 is 5.43 Å². The van der Waals surface area contributed by atoms with Crippen molar-refractivity contribution in [3.8, 4) is 17.5 Å². The quantitative estimate of drug-likeness (QED) is 0.513. The molecule has 0 unspecified atom stereocenters. The van der Waals surface area contributed by atoms with Crippen molar-refractivity contribution in [1.29, 1.82) is 5.26 Å². The normalized spacial score (nSPS) is 13.6. The van der Waals surface area contributed by atoms with Gasteiger partial charge in [0.05, 0.1) is 0 Å². The van der Waals surface area contributed by atoms with Gasteiger partial charge in [0, 0.05) is 17.2 Å². The Morgan fingerprint density at radius 2 is 1.92 bits per heavy atom. The molecule has 0 saturated carbocycles. The van der Waals surface area contributed by atoms with Gasteiger partial charge in [-0.1, -0.05) is 30.3 Å². The Labute approximate surface area is 148 Å². The molecule has 0 aliphatic carbocycles. The molecule has 0 saturated heterocycles. The number of hydrazine groups is 1. The van der Waals surface area contributed by atoms with E-state index in [0.717, 1.165) is 10.6 Å². The molecular formula is C17H13N5O2S. The molecule has 1 aliphatic heterocycles. The molecule has 3 rings (SSSR count). The van der Waals surface area contributed by atoms with Crippen molar-refractivity contribution < 1.29 is 9.59 Å². The van der Waals surface area contributed by atoms with Crippen LogP contribution in [0, 0.1) is 11.3 Å². The molecule has 0 bridgehead atoms. The fourth-order valence-electron chi connectivity index (χ4n) is 2.29. The van der Waals surface area contributed by atoms with Gasteiger partial charge in [-0.05, 0) is 13.2 Å². The Bertz CT molecular complexity index is 934. The van der Waals surface area contributed by atoms with E-state index in [-0.39, 0.29) is 11.4 Å².